The number of aromatic nitrogens is 3. The lowest BCUT2D eigenvalue weighted by atomic mass is 10.00. The highest BCUT2D eigenvalue weighted by Gasteiger charge is 2.18. The highest BCUT2D eigenvalue weighted by Crippen LogP contribution is 2.22. The van der Waals surface area contributed by atoms with E-state index in [4.69, 9.17) is 0 Å². The topological polar surface area (TPSA) is 71.8 Å². The molecule has 0 aliphatic rings. The van der Waals surface area contributed by atoms with E-state index in [-0.39, 0.29) is 12.1 Å². The first-order valence-electron chi connectivity index (χ1n) is 8.92. The Kier molecular flexibility index (Phi) is 5.11. The SMILES string of the molecule is O=C(Nc1nccn1-c1ccccc1)N[C@@H](c1ccccc1)c1ccncc1. The summed E-state index contributed by atoms with van der Waals surface area (Å²) in [6.07, 6.45) is 6.89. The van der Waals surface area contributed by atoms with Crippen molar-refractivity contribution in [1.82, 2.24) is 19.9 Å². The third-order valence-corrected chi connectivity index (χ3v) is 4.35. The summed E-state index contributed by atoms with van der Waals surface area (Å²) >= 11 is 0. The van der Waals surface area contributed by atoms with Crippen molar-refractivity contribution in [2.75, 3.05) is 5.32 Å². The number of benzene rings is 2. The van der Waals surface area contributed by atoms with Crippen molar-refractivity contribution < 1.29 is 4.79 Å². The van der Waals surface area contributed by atoms with Gasteiger partial charge < -0.3 is 5.32 Å². The van der Waals surface area contributed by atoms with Crippen LogP contribution in [0.5, 0.6) is 0 Å². The number of hydrogen-bond donors (Lipinski definition) is 2. The molecule has 28 heavy (non-hydrogen) atoms. The van der Waals surface area contributed by atoms with Crippen molar-refractivity contribution in [3.63, 3.8) is 0 Å². The third-order valence-electron chi connectivity index (χ3n) is 4.35. The van der Waals surface area contributed by atoms with Crippen LogP contribution in [-0.2, 0) is 0 Å². The molecule has 0 saturated heterocycles. The van der Waals surface area contributed by atoms with Crippen LogP contribution in [0.15, 0.2) is 97.6 Å². The van der Waals surface area contributed by atoms with Crippen LogP contribution in [0.3, 0.4) is 0 Å². The summed E-state index contributed by atoms with van der Waals surface area (Å²) in [5, 5.41) is 5.88. The second kappa shape index (κ2) is 8.18. The third kappa shape index (κ3) is 3.91. The molecular formula is C22H19N5O. The Hall–Kier alpha value is -3.93. The van der Waals surface area contributed by atoms with Gasteiger partial charge in [-0.25, -0.2) is 9.78 Å². The number of urea groups is 1. The summed E-state index contributed by atoms with van der Waals surface area (Å²) in [6, 6.07) is 22.7. The predicted molar refractivity (Wildman–Crippen MR) is 108 cm³/mol. The molecule has 0 radical (unpaired) electrons. The lowest BCUT2D eigenvalue weighted by Gasteiger charge is -2.20. The lowest BCUT2D eigenvalue weighted by Crippen LogP contribution is -2.34. The molecule has 1 atom stereocenters. The molecule has 0 spiro atoms. The first kappa shape index (κ1) is 17.5. The maximum absolute atomic E-state index is 12.8. The molecule has 2 amide bonds. The van der Waals surface area contributed by atoms with E-state index in [9.17, 15) is 4.79 Å². The van der Waals surface area contributed by atoms with Crippen LogP contribution < -0.4 is 10.6 Å². The van der Waals surface area contributed by atoms with Crippen LogP contribution in [0.25, 0.3) is 5.69 Å². The number of nitrogens with zero attached hydrogens (tertiary/aromatic N) is 3. The Morgan fingerprint density at radius 1 is 0.821 bits per heavy atom. The normalized spacial score (nSPS) is 11.6. The van der Waals surface area contributed by atoms with Crippen molar-refractivity contribution in [3.8, 4) is 5.69 Å². The van der Waals surface area contributed by atoms with E-state index in [0.29, 0.717) is 5.95 Å². The fourth-order valence-electron chi connectivity index (χ4n) is 3.02. The average Bonchev–Trinajstić information content (AvgIpc) is 3.22. The second-order valence-corrected chi connectivity index (χ2v) is 6.18. The zero-order valence-electron chi connectivity index (χ0n) is 15.1. The number of amides is 2. The summed E-state index contributed by atoms with van der Waals surface area (Å²) in [5.74, 6) is 0.449. The van der Waals surface area contributed by atoms with E-state index in [1.807, 2.05) is 83.6 Å². The molecule has 2 N–H and O–H groups in total. The van der Waals surface area contributed by atoms with Gasteiger partial charge in [0.2, 0.25) is 5.95 Å². The summed E-state index contributed by atoms with van der Waals surface area (Å²) in [4.78, 5) is 21.1. The number of carbonyl (C=O) groups is 1. The molecule has 2 aromatic carbocycles. The zero-order valence-corrected chi connectivity index (χ0v) is 15.1. The molecule has 0 aliphatic carbocycles. The van der Waals surface area contributed by atoms with Gasteiger partial charge in [0.05, 0.1) is 6.04 Å². The van der Waals surface area contributed by atoms with Crippen molar-refractivity contribution in [2.24, 2.45) is 0 Å². The van der Waals surface area contributed by atoms with Gasteiger partial charge in [0.25, 0.3) is 0 Å². The molecule has 2 heterocycles. The van der Waals surface area contributed by atoms with Crippen LogP contribution in [-0.4, -0.2) is 20.6 Å². The first-order chi connectivity index (χ1) is 13.8. The van der Waals surface area contributed by atoms with E-state index in [2.05, 4.69) is 20.6 Å². The number of carbonyl (C=O) groups excluding carboxylic acids is 1. The van der Waals surface area contributed by atoms with E-state index in [1.54, 1.807) is 18.6 Å². The van der Waals surface area contributed by atoms with Crippen molar-refractivity contribution in [1.29, 1.82) is 0 Å². The van der Waals surface area contributed by atoms with Gasteiger partial charge in [0, 0.05) is 30.5 Å². The van der Waals surface area contributed by atoms with Crippen LogP contribution in [0.1, 0.15) is 17.2 Å². The van der Waals surface area contributed by atoms with Gasteiger partial charge in [-0.1, -0.05) is 48.5 Å². The average molecular weight is 369 g/mol. The standard InChI is InChI=1S/C22H19N5O/c28-22(26-21-24-15-16-27(21)19-9-5-2-6-10-19)25-20(17-7-3-1-4-8-17)18-11-13-23-14-12-18/h1-16,20H,(H2,24,25,26,28)/t20-/m0/s1. The fourth-order valence-corrected chi connectivity index (χ4v) is 3.02. The molecular weight excluding hydrogens is 350 g/mol. The Labute approximate surface area is 162 Å². The number of anilines is 1. The van der Waals surface area contributed by atoms with Gasteiger partial charge >= 0.3 is 6.03 Å². The molecule has 0 aliphatic heterocycles. The number of nitrogens with one attached hydrogen (secondary N) is 2. The van der Waals surface area contributed by atoms with Crippen LogP contribution in [0.4, 0.5) is 10.7 Å². The summed E-state index contributed by atoms with van der Waals surface area (Å²) < 4.78 is 1.82. The molecule has 0 fully saturated rings. The number of rotatable bonds is 5. The molecule has 0 bridgehead atoms. The van der Waals surface area contributed by atoms with Gasteiger partial charge in [0.1, 0.15) is 0 Å². The van der Waals surface area contributed by atoms with Crippen molar-refractivity contribution in [2.45, 2.75) is 6.04 Å². The summed E-state index contributed by atoms with van der Waals surface area (Å²) in [7, 11) is 0. The molecule has 4 aromatic rings. The fraction of sp³-hybridized carbons (Fsp3) is 0.0455. The smallest absolute Gasteiger partial charge is 0.322 e. The molecule has 2 aromatic heterocycles. The van der Waals surface area contributed by atoms with Gasteiger partial charge in [-0.05, 0) is 35.4 Å². The Balaban J connectivity index is 1.56. The lowest BCUT2D eigenvalue weighted by molar-refractivity contribution is 0.250. The molecule has 138 valence electrons. The largest absolute Gasteiger partial charge is 0.327 e. The van der Waals surface area contributed by atoms with Gasteiger partial charge in [-0.15, -0.1) is 0 Å². The Morgan fingerprint density at radius 2 is 1.46 bits per heavy atom. The van der Waals surface area contributed by atoms with E-state index in [0.717, 1.165) is 16.8 Å². The Bertz CT molecular complexity index is 993. The molecule has 0 saturated carbocycles. The molecule has 6 nitrogen and oxygen atoms in total. The van der Waals surface area contributed by atoms with Crippen LogP contribution >= 0.6 is 0 Å². The Morgan fingerprint density at radius 3 is 2.18 bits per heavy atom. The summed E-state index contributed by atoms with van der Waals surface area (Å²) in [5.41, 5.74) is 2.85. The summed E-state index contributed by atoms with van der Waals surface area (Å²) in [6.45, 7) is 0. The maximum Gasteiger partial charge on any atom is 0.322 e. The number of para-hydroxylation sites is 1. The first-order valence-corrected chi connectivity index (χ1v) is 8.92. The monoisotopic (exact) mass is 369 g/mol. The zero-order chi connectivity index (χ0) is 19.2. The quantitative estimate of drug-likeness (QED) is 0.554. The highest BCUT2D eigenvalue weighted by atomic mass is 16.2. The number of imidazole rings is 1. The minimum atomic E-state index is -0.339. The minimum Gasteiger partial charge on any atom is -0.327 e. The van der Waals surface area contributed by atoms with Gasteiger partial charge in [-0.2, -0.15) is 0 Å². The molecule has 0 unspecified atom stereocenters. The highest BCUT2D eigenvalue weighted by molar-refractivity contribution is 5.88. The minimum absolute atomic E-state index is 0.302. The van der Waals surface area contributed by atoms with Crippen molar-refractivity contribution in [3.05, 3.63) is 109 Å². The maximum atomic E-state index is 12.8. The van der Waals surface area contributed by atoms with E-state index in [1.165, 1.54) is 0 Å². The number of hydrogen-bond acceptors (Lipinski definition) is 3. The molecule has 6 heteroatoms. The second-order valence-electron chi connectivity index (χ2n) is 6.18. The van der Waals surface area contributed by atoms with Gasteiger partial charge in [0.15, 0.2) is 0 Å². The van der Waals surface area contributed by atoms with E-state index < -0.39 is 0 Å². The van der Waals surface area contributed by atoms with Crippen molar-refractivity contribution >= 4 is 12.0 Å². The molecule has 4 rings (SSSR count). The number of pyridine rings is 1. The van der Waals surface area contributed by atoms with E-state index >= 15 is 0 Å². The predicted octanol–water partition coefficient (Wildman–Crippen LogP) is 4.18. The van der Waals surface area contributed by atoms with Crippen LogP contribution in [0.2, 0.25) is 0 Å². The van der Waals surface area contributed by atoms with Crippen LogP contribution in [0, 0.1) is 0 Å². The van der Waals surface area contributed by atoms with Gasteiger partial charge in [-0.3, -0.25) is 14.9 Å².